The molecule has 9 nitrogen and oxygen atoms in total. The molecule has 1 aliphatic carbocycles. The first-order valence-corrected chi connectivity index (χ1v) is 12.3. The number of hydrogen-bond acceptors (Lipinski definition) is 8. The number of nitrogens with zero attached hydrogens (tertiary/aromatic N) is 4. The number of fused-ring (bicyclic) bond motifs is 1. The number of aryl methyl sites for hydroxylation is 1. The van der Waals surface area contributed by atoms with E-state index in [1.807, 2.05) is 0 Å². The van der Waals surface area contributed by atoms with Gasteiger partial charge < -0.3 is 15.4 Å². The number of hydrogen-bond donors (Lipinski definition) is 2. The van der Waals surface area contributed by atoms with E-state index in [2.05, 4.69) is 26.2 Å². The first-order valence-electron chi connectivity index (χ1n) is 10.5. The minimum atomic E-state index is -0.408. The fourth-order valence-electron chi connectivity index (χ4n) is 3.58. The van der Waals surface area contributed by atoms with Crippen molar-refractivity contribution in [2.45, 2.75) is 30.8 Å². The lowest BCUT2D eigenvalue weighted by atomic mass is 9.95. The molecule has 2 aromatic heterocycles. The lowest BCUT2D eigenvalue weighted by Crippen LogP contribution is -2.29. The van der Waals surface area contributed by atoms with Crippen LogP contribution in [-0.4, -0.2) is 58.0 Å². The molecule has 1 aliphatic rings. The minimum absolute atomic E-state index is 0.0307. The number of carbonyl (C=O) groups is 2. The van der Waals surface area contributed by atoms with Crippen LogP contribution in [0.3, 0.4) is 0 Å². The predicted molar refractivity (Wildman–Crippen MR) is 124 cm³/mol. The van der Waals surface area contributed by atoms with Crippen LogP contribution >= 0.6 is 23.1 Å². The standard InChI is InChI=1S/C21H23FN6O3S2/c1-31-10-9-23-19(30)18-15-7-2-3-8-16(15)33-20(18)24-17(29)12-32-21-25-26-27-28(21)14-6-4-5-13(22)11-14/h4-6,11H,2-3,7-10,12H2,1H3,(H,23,30)(H,24,29). The van der Waals surface area contributed by atoms with Gasteiger partial charge in [-0.15, -0.1) is 16.4 Å². The molecule has 0 saturated carbocycles. The second-order valence-electron chi connectivity index (χ2n) is 7.35. The smallest absolute Gasteiger partial charge is 0.254 e. The van der Waals surface area contributed by atoms with E-state index < -0.39 is 5.82 Å². The van der Waals surface area contributed by atoms with Crippen LogP contribution in [0.2, 0.25) is 0 Å². The molecular formula is C21H23FN6O3S2. The molecular weight excluding hydrogens is 467 g/mol. The van der Waals surface area contributed by atoms with Crippen LogP contribution in [0.15, 0.2) is 29.4 Å². The van der Waals surface area contributed by atoms with Gasteiger partial charge in [-0.3, -0.25) is 9.59 Å². The van der Waals surface area contributed by atoms with Crippen molar-refractivity contribution in [3.05, 3.63) is 46.1 Å². The molecule has 0 atom stereocenters. The van der Waals surface area contributed by atoms with E-state index in [-0.39, 0.29) is 17.6 Å². The van der Waals surface area contributed by atoms with E-state index in [9.17, 15) is 14.0 Å². The number of methoxy groups -OCH3 is 1. The highest BCUT2D eigenvalue weighted by Crippen LogP contribution is 2.38. The highest BCUT2D eigenvalue weighted by Gasteiger charge is 2.26. The molecule has 12 heteroatoms. The van der Waals surface area contributed by atoms with Crippen molar-refractivity contribution in [2.75, 3.05) is 31.3 Å². The van der Waals surface area contributed by atoms with Gasteiger partial charge in [0.1, 0.15) is 10.8 Å². The maximum atomic E-state index is 13.6. The van der Waals surface area contributed by atoms with Crippen molar-refractivity contribution < 1.29 is 18.7 Å². The number of rotatable bonds is 9. The molecule has 1 aromatic carbocycles. The van der Waals surface area contributed by atoms with E-state index in [0.717, 1.165) is 47.9 Å². The van der Waals surface area contributed by atoms with E-state index in [4.69, 9.17) is 4.74 Å². The molecule has 0 aliphatic heterocycles. The second kappa shape index (κ2) is 10.9. The number of nitrogens with one attached hydrogen (secondary N) is 2. The van der Waals surface area contributed by atoms with Crippen molar-refractivity contribution in [3.8, 4) is 5.69 Å². The van der Waals surface area contributed by atoms with Crippen molar-refractivity contribution in [3.63, 3.8) is 0 Å². The summed E-state index contributed by atoms with van der Waals surface area (Å²) in [5.74, 6) is -0.861. The van der Waals surface area contributed by atoms with Crippen LogP contribution in [-0.2, 0) is 22.4 Å². The molecule has 2 N–H and O–H groups in total. The molecule has 3 aromatic rings. The first-order chi connectivity index (χ1) is 16.1. The molecule has 2 amide bonds. The van der Waals surface area contributed by atoms with Gasteiger partial charge in [-0.1, -0.05) is 17.8 Å². The third-order valence-electron chi connectivity index (χ3n) is 5.07. The zero-order chi connectivity index (χ0) is 23.2. The largest absolute Gasteiger partial charge is 0.383 e. The lowest BCUT2D eigenvalue weighted by Gasteiger charge is -2.13. The van der Waals surface area contributed by atoms with Gasteiger partial charge in [0.2, 0.25) is 11.1 Å². The molecule has 2 heterocycles. The summed E-state index contributed by atoms with van der Waals surface area (Å²) in [7, 11) is 1.58. The molecule has 0 spiro atoms. The number of anilines is 1. The second-order valence-corrected chi connectivity index (χ2v) is 9.40. The van der Waals surface area contributed by atoms with Gasteiger partial charge in [-0.25, -0.2) is 4.39 Å². The summed E-state index contributed by atoms with van der Waals surface area (Å²) in [6.45, 7) is 0.808. The van der Waals surface area contributed by atoms with E-state index >= 15 is 0 Å². The first kappa shape index (κ1) is 23.3. The van der Waals surface area contributed by atoms with Gasteiger partial charge in [0.15, 0.2) is 0 Å². The SMILES string of the molecule is COCCNC(=O)c1c(NC(=O)CSc2nnnn2-c2cccc(F)c2)sc2c1CCCC2. The number of aromatic nitrogens is 4. The van der Waals surface area contributed by atoms with Crippen LogP contribution < -0.4 is 10.6 Å². The number of halogens is 1. The van der Waals surface area contributed by atoms with Crippen LogP contribution in [0.1, 0.15) is 33.6 Å². The van der Waals surface area contributed by atoms with Gasteiger partial charge in [-0.05, 0) is 59.9 Å². The summed E-state index contributed by atoms with van der Waals surface area (Å²) in [5, 5.41) is 18.1. The zero-order valence-electron chi connectivity index (χ0n) is 18.0. The van der Waals surface area contributed by atoms with Gasteiger partial charge in [0, 0.05) is 18.5 Å². The summed E-state index contributed by atoms with van der Waals surface area (Å²) in [4.78, 5) is 26.7. The van der Waals surface area contributed by atoms with E-state index in [1.54, 1.807) is 19.2 Å². The Morgan fingerprint density at radius 2 is 2.15 bits per heavy atom. The Bertz CT molecular complexity index is 1150. The van der Waals surface area contributed by atoms with Gasteiger partial charge in [0.25, 0.3) is 5.91 Å². The maximum Gasteiger partial charge on any atom is 0.254 e. The number of tetrazole rings is 1. The van der Waals surface area contributed by atoms with Crippen molar-refractivity contribution in [1.82, 2.24) is 25.5 Å². The van der Waals surface area contributed by atoms with Gasteiger partial charge >= 0.3 is 0 Å². The zero-order valence-corrected chi connectivity index (χ0v) is 19.6. The van der Waals surface area contributed by atoms with Crippen LogP contribution in [0.25, 0.3) is 5.69 Å². The Morgan fingerprint density at radius 3 is 2.97 bits per heavy atom. The minimum Gasteiger partial charge on any atom is -0.383 e. The molecule has 0 fully saturated rings. The van der Waals surface area contributed by atoms with Crippen LogP contribution in [0.4, 0.5) is 9.39 Å². The Hall–Kier alpha value is -2.83. The molecule has 33 heavy (non-hydrogen) atoms. The van der Waals surface area contributed by atoms with E-state index in [0.29, 0.717) is 34.6 Å². The number of carbonyl (C=O) groups excluding carboxylic acids is 2. The average Bonchev–Trinajstić information content (AvgIpc) is 3.42. The summed E-state index contributed by atoms with van der Waals surface area (Å²) in [5.41, 5.74) is 2.04. The van der Waals surface area contributed by atoms with Crippen LogP contribution in [0, 0.1) is 5.82 Å². The average molecular weight is 491 g/mol. The molecule has 0 bridgehead atoms. The molecule has 4 rings (SSSR count). The van der Waals surface area contributed by atoms with Gasteiger partial charge in [0.05, 0.1) is 23.6 Å². The van der Waals surface area contributed by atoms with Crippen molar-refractivity contribution in [2.24, 2.45) is 0 Å². The Morgan fingerprint density at radius 1 is 1.30 bits per heavy atom. The topological polar surface area (TPSA) is 111 Å². The third kappa shape index (κ3) is 5.57. The fraction of sp³-hybridized carbons (Fsp3) is 0.381. The number of amides is 2. The predicted octanol–water partition coefficient (Wildman–Crippen LogP) is 2.85. The quantitative estimate of drug-likeness (QED) is 0.350. The maximum absolute atomic E-state index is 13.6. The normalized spacial score (nSPS) is 12.9. The monoisotopic (exact) mass is 490 g/mol. The number of benzene rings is 1. The Balaban J connectivity index is 1.46. The molecule has 174 valence electrons. The summed E-state index contributed by atoms with van der Waals surface area (Å²) >= 11 is 2.59. The summed E-state index contributed by atoms with van der Waals surface area (Å²) in [6.07, 6.45) is 3.83. The summed E-state index contributed by atoms with van der Waals surface area (Å²) in [6, 6.07) is 5.88. The van der Waals surface area contributed by atoms with Crippen molar-refractivity contribution in [1.29, 1.82) is 0 Å². The molecule has 0 saturated heterocycles. The third-order valence-corrected chi connectivity index (χ3v) is 7.20. The van der Waals surface area contributed by atoms with Crippen LogP contribution in [0.5, 0.6) is 0 Å². The number of thiophene rings is 1. The van der Waals surface area contributed by atoms with E-state index in [1.165, 1.54) is 28.2 Å². The fourth-order valence-corrected chi connectivity index (χ4v) is 5.57. The highest BCUT2D eigenvalue weighted by atomic mass is 32.2. The van der Waals surface area contributed by atoms with Gasteiger partial charge in [-0.2, -0.15) is 4.68 Å². The lowest BCUT2D eigenvalue weighted by molar-refractivity contribution is -0.113. The highest BCUT2D eigenvalue weighted by molar-refractivity contribution is 7.99. The van der Waals surface area contributed by atoms with Crippen molar-refractivity contribution >= 4 is 39.9 Å². The number of ether oxygens (including phenoxy) is 1. The Kier molecular flexibility index (Phi) is 7.68. The number of thioether (sulfide) groups is 1. The molecule has 0 radical (unpaired) electrons. The Labute approximate surface area is 198 Å². The summed E-state index contributed by atoms with van der Waals surface area (Å²) < 4.78 is 19.9. The molecule has 0 unspecified atom stereocenters.